The van der Waals surface area contributed by atoms with Crippen LogP contribution >= 0.6 is 0 Å². The van der Waals surface area contributed by atoms with E-state index in [-0.39, 0.29) is 0 Å². The van der Waals surface area contributed by atoms with Gasteiger partial charge in [0.2, 0.25) is 0 Å². The molecule has 2 atom stereocenters. The molecule has 1 aliphatic rings. The summed E-state index contributed by atoms with van der Waals surface area (Å²) in [4.78, 5) is 3.83. The quantitative estimate of drug-likeness (QED) is 0.371. The number of hydrogen-bond donors (Lipinski definition) is 1. The minimum Gasteiger partial charge on any atom is -0.355 e. The highest BCUT2D eigenvalue weighted by atomic mass is 28.3. The molecule has 3 heteroatoms. The average molecular weight is 422 g/mol. The average Bonchev–Trinajstić information content (AvgIpc) is 3.05. The lowest BCUT2D eigenvalue weighted by molar-refractivity contribution is 0.806. The van der Waals surface area contributed by atoms with E-state index in [1.54, 1.807) is 15.9 Å². The van der Waals surface area contributed by atoms with Crippen LogP contribution in [0, 0.1) is 0 Å². The van der Waals surface area contributed by atoms with Crippen molar-refractivity contribution < 1.29 is 0 Å². The van der Waals surface area contributed by atoms with E-state index in [9.17, 15) is 0 Å². The molecule has 2 aromatic carbocycles. The zero-order chi connectivity index (χ0) is 20.8. The van der Waals surface area contributed by atoms with Gasteiger partial charge in [-0.05, 0) is 29.3 Å². The number of aromatic amines is 1. The Kier molecular flexibility index (Phi) is 5.58. The highest BCUT2D eigenvalue weighted by Crippen LogP contribution is 2.44. The largest absolute Gasteiger partial charge is 0.355 e. The van der Waals surface area contributed by atoms with Crippen LogP contribution in [-0.4, -0.2) is 21.1 Å². The molecule has 0 aliphatic carbocycles. The first-order valence-corrected chi connectivity index (χ1v) is 17.7. The monoisotopic (exact) mass is 421 g/mol. The van der Waals surface area contributed by atoms with E-state index >= 15 is 0 Å². The maximum absolute atomic E-state index is 3.83. The van der Waals surface area contributed by atoms with Gasteiger partial charge in [0.1, 0.15) is 0 Å². The van der Waals surface area contributed by atoms with Crippen molar-refractivity contribution in [1.82, 2.24) is 4.98 Å². The lowest BCUT2D eigenvalue weighted by Gasteiger charge is -2.48. The van der Waals surface area contributed by atoms with E-state index < -0.39 is 16.1 Å². The number of rotatable bonds is 8. The van der Waals surface area contributed by atoms with Crippen LogP contribution in [0.5, 0.6) is 0 Å². The van der Waals surface area contributed by atoms with Gasteiger partial charge in [-0.25, -0.2) is 0 Å². The maximum Gasteiger partial charge on any atom is 0.0914 e. The molecule has 2 unspecified atom stereocenters. The lowest BCUT2D eigenvalue weighted by atomic mass is 10.0. The third-order valence-electron chi connectivity index (χ3n) is 8.01. The fourth-order valence-corrected chi connectivity index (χ4v) is 15.6. The summed E-state index contributed by atoms with van der Waals surface area (Å²) in [7, 11) is -2.65. The van der Waals surface area contributed by atoms with Crippen molar-refractivity contribution in [1.29, 1.82) is 0 Å². The SMILES string of the molecule is CCC[Si](C)(CCC)c1ccc2c(c1)[nH]c1cc3c(cc12)C(CC)[Si]3(C)CCC. The summed E-state index contributed by atoms with van der Waals surface area (Å²) < 4.78 is 0. The highest BCUT2D eigenvalue weighted by Gasteiger charge is 2.48. The summed E-state index contributed by atoms with van der Waals surface area (Å²) in [5.41, 5.74) is 5.26. The summed E-state index contributed by atoms with van der Waals surface area (Å²) >= 11 is 0. The predicted octanol–water partition coefficient (Wildman–Crippen LogP) is 7.17. The number of H-pyrrole nitrogens is 1. The van der Waals surface area contributed by atoms with Crippen molar-refractivity contribution in [2.24, 2.45) is 0 Å². The minimum absolute atomic E-state index is 0.857. The molecular weight excluding hydrogens is 382 g/mol. The van der Waals surface area contributed by atoms with Gasteiger partial charge in [0, 0.05) is 21.8 Å². The second-order valence-corrected chi connectivity index (χ2v) is 19.3. The molecule has 0 bridgehead atoms. The Labute approximate surface area is 179 Å². The van der Waals surface area contributed by atoms with Crippen LogP contribution in [-0.2, 0) is 0 Å². The summed E-state index contributed by atoms with van der Waals surface area (Å²) in [6.45, 7) is 14.7. The molecule has 0 spiro atoms. The number of fused-ring (bicyclic) bond motifs is 4. The second kappa shape index (κ2) is 7.74. The third-order valence-corrected chi connectivity index (χ3v) is 18.4. The van der Waals surface area contributed by atoms with E-state index in [4.69, 9.17) is 0 Å². The Balaban J connectivity index is 1.83. The molecule has 1 N–H and O–H groups in total. The number of hydrogen-bond acceptors (Lipinski definition) is 0. The Morgan fingerprint density at radius 3 is 2.21 bits per heavy atom. The van der Waals surface area contributed by atoms with Crippen LogP contribution in [0.25, 0.3) is 21.8 Å². The molecule has 0 amide bonds. The maximum atomic E-state index is 3.83. The van der Waals surface area contributed by atoms with Gasteiger partial charge in [-0.1, -0.05) is 107 Å². The van der Waals surface area contributed by atoms with Crippen LogP contribution in [0.1, 0.15) is 64.5 Å². The number of aromatic nitrogens is 1. The van der Waals surface area contributed by atoms with Crippen LogP contribution < -0.4 is 10.4 Å². The van der Waals surface area contributed by atoms with Gasteiger partial charge in [0.05, 0.1) is 16.1 Å². The van der Waals surface area contributed by atoms with Gasteiger partial charge in [0.15, 0.2) is 0 Å². The van der Waals surface area contributed by atoms with Crippen LogP contribution in [0.2, 0.25) is 31.2 Å². The standard InChI is InChI=1S/C26H39NSi2/c1-7-13-28(5,14-8-2)19-11-12-20-21-17-22-25(10-4)29(6,15-9-3)26(22)18-24(21)27-23(20)16-19/h11-12,16-18,25,27H,7-10,13-15H2,1-6H3. The van der Waals surface area contributed by atoms with E-state index in [0.717, 1.165) is 5.54 Å². The molecule has 2 heterocycles. The minimum atomic E-state index is -1.36. The smallest absolute Gasteiger partial charge is 0.0914 e. The van der Waals surface area contributed by atoms with E-state index in [2.05, 4.69) is 76.1 Å². The number of nitrogens with one attached hydrogen (secondary N) is 1. The molecule has 3 aromatic rings. The Hall–Kier alpha value is -1.33. The Morgan fingerprint density at radius 1 is 0.897 bits per heavy atom. The lowest BCUT2D eigenvalue weighted by Crippen LogP contribution is -2.61. The van der Waals surface area contributed by atoms with Crippen LogP contribution in [0.4, 0.5) is 0 Å². The molecule has 1 nitrogen and oxygen atoms in total. The predicted molar refractivity (Wildman–Crippen MR) is 137 cm³/mol. The van der Waals surface area contributed by atoms with Gasteiger partial charge in [-0.15, -0.1) is 0 Å². The van der Waals surface area contributed by atoms with Crippen molar-refractivity contribution in [2.75, 3.05) is 0 Å². The first kappa shape index (κ1) is 20.9. The molecule has 0 radical (unpaired) electrons. The summed E-state index contributed by atoms with van der Waals surface area (Å²) in [6.07, 6.45) is 5.25. The van der Waals surface area contributed by atoms with Crippen molar-refractivity contribution in [2.45, 2.75) is 90.1 Å². The number of benzene rings is 2. The van der Waals surface area contributed by atoms with Crippen LogP contribution in [0.3, 0.4) is 0 Å². The van der Waals surface area contributed by atoms with Gasteiger partial charge in [-0.2, -0.15) is 0 Å². The molecular formula is C26H39NSi2. The normalized spacial score (nSPS) is 21.5. The van der Waals surface area contributed by atoms with Crippen molar-refractivity contribution in [3.05, 3.63) is 35.9 Å². The summed E-state index contributed by atoms with van der Waals surface area (Å²) in [6, 6.07) is 16.8. The fourth-order valence-electron chi connectivity index (χ4n) is 6.60. The topological polar surface area (TPSA) is 15.8 Å². The van der Waals surface area contributed by atoms with Gasteiger partial charge < -0.3 is 4.98 Å². The third kappa shape index (κ3) is 3.16. The zero-order valence-electron chi connectivity index (χ0n) is 19.4. The van der Waals surface area contributed by atoms with E-state index in [1.165, 1.54) is 65.6 Å². The first-order valence-electron chi connectivity index (χ1n) is 12.0. The molecule has 0 saturated heterocycles. The molecule has 1 aromatic heterocycles. The summed E-state index contributed by atoms with van der Waals surface area (Å²) in [5, 5.41) is 6.26. The Bertz CT molecular complexity index is 1030. The van der Waals surface area contributed by atoms with E-state index in [1.807, 2.05) is 0 Å². The zero-order valence-corrected chi connectivity index (χ0v) is 21.4. The summed E-state index contributed by atoms with van der Waals surface area (Å²) in [5.74, 6) is 0. The van der Waals surface area contributed by atoms with Crippen molar-refractivity contribution in [3.63, 3.8) is 0 Å². The van der Waals surface area contributed by atoms with E-state index in [0.29, 0.717) is 0 Å². The van der Waals surface area contributed by atoms with Gasteiger partial charge in [-0.3, -0.25) is 0 Å². The van der Waals surface area contributed by atoms with Crippen LogP contribution in [0.15, 0.2) is 30.3 Å². The van der Waals surface area contributed by atoms with Gasteiger partial charge in [0.25, 0.3) is 0 Å². The molecule has 0 saturated carbocycles. The van der Waals surface area contributed by atoms with Gasteiger partial charge >= 0.3 is 0 Å². The fraction of sp³-hybridized carbons (Fsp3) is 0.538. The Morgan fingerprint density at radius 2 is 1.59 bits per heavy atom. The van der Waals surface area contributed by atoms with Crippen molar-refractivity contribution >= 4 is 48.3 Å². The molecule has 4 rings (SSSR count). The molecule has 1 aliphatic heterocycles. The first-order chi connectivity index (χ1) is 13.9. The van der Waals surface area contributed by atoms with Crippen molar-refractivity contribution in [3.8, 4) is 0 Å². The second-order valence-electron chi connectivity index (χ2n) is 10.1. The molecule has 29 heavy (non-hydrogen) atoms. The highest BCUT2D eigenvalue weighted by molar-refractivity contribution is 6.96. The molecule has 0 fully saturated rings. The molecule has 156 valence electrons.